The molecular weight excluding hydrogens is 430 g/mol. The average molecular weight is 464 g/mol. The molecular formula is C27H33N3O2S. The van der Waals surface area contributed by atoms with Crippen molar-refractivity contribution in [1.29, 1.82) is 0 Å². The predicted octanol–water partition coefficient (Wildman–Crippen LogP) is 5.61. The van der Waals surface area contributed by atoms with Gasteiger partial charge in [-0.05, 0) is 73.4 Å². The Kier molecular flexibility index (Phi) is 7.22. The van der Waals surface area contributed by atoms with Gasteiger partial charge in [-0.25, -0.2) is 0 Å². The quantitative estimate of drug-likeness (QED) is 0.337. The van der Waals surface area contributed by atoms with Crippen LogP contribution in [0, 0.1) is 11.8 Å². The fraction of sp³-hybridized carbons (Fsp3) is 0.481. The number of rotatable bonds is 7. The van der Waals surface area contributed by atoms with Gasteiger partial charge in [-0.2, -0.15) is 4.37 Å². The smallest absolute Gasteiger partial charge is 0.311 e. The number of aromatic nitrogens is 1. The number of esters is 1. The Bertz CT molecular complexity index is 1040. The monoisotopic (exact) mass is 463 g/mol. The van der Waals surface area contributed by atoms with Gasteiger partial charge in [0.15, 0.2) is 0 Å². The van der Waals surface area contributed by atoms with Crippen LogP contribution in [0.25, 0.3) is 10.1 Å². The van der Waals surface area contributed by atoms with Crippen LogP contribution < -0.4 is 9.64 Å². The molecule has 1 aromatic heterocycles. The Hall–Kier alpha value is -2.44. The number of anilines is 1. The van der Waals surface area contributed by atoms with Crippen molar-refractivity contribution >= 4 is 33.4 Å². The normalized spacial score (nSPS) is 21.9. The Balaban J connectivity index is 1.00. The van der Waals surface area contributed by atoms with Gasteiger partial charge in [0.1, 0.15) is 11.6 Å². The number of para-hydroxylation sites is 1. The third-order valence-electron chi connectivity index (χ3n) is 7.28. The van der Waals surface area contributed by atoms with Crippen molar-refractivity contribution in [2.45, 2.75) is 38.5 Å². The summed E-state index contributed by atoms with van der Waals surface area (Å²) in [5.74, 6) is 3.01. The molecule has 5 rings (SSSR count). The number of ether oxygens (including phenoxy) is 1. The predicted molar refractivity (Wildman–Crippen MR) is 135 cm³/mol. The summed E-state index contributed by atoms with van der Waals surface area (Å²) in [6, 6.07) is 18.0. The number of fused-ring (bicyclic) bond motifs is 1. The van der Waals surface area contributed by atoms with Crippen LogP contribution in [0.1, 0.15) is 38.5 Å². The number of hydrogen-bond donors (Lipinski definition) is 0. The Morgan fingerprint density at radius 2 is 1.61 bits per heavy atom. The second-order valence-corrected chi connectivity index (χ2v) is 10.3. The van der Waals surface area contributed by atoms with Crippen LogP contribution in [0.5, 0.6) is 5.75 Å². The lowest BCUT2D eigenvalue weighted by Gasteiger charge is -2.36. The molecule has 1 saturated heterocycles. The Morgan fingerprint density at radius 1 is 0.909 bits per heavy atom. The van der Waals surface area contributed by atoms with Gasteiger partial charge in [-0.1, -0.05) is 43.2 Å². The molecule has 1 aliphatic heterocycles. The molecule has 0 bridgehead atoms. The minimum absolute atomic E-state index is 0.0876. The van der Waals surface area contributed by atoms with Crippen molar-refractivity contribution in [2.24, 2.45) is 11.8 Å². The topological polar surface area (TPSA) is 45.7 Å². The summed E-state index contributed by atoms with van der Waals surface area (Å²) in [5.41, 5.74) is 0. The second kappa shape index (κ2) is 10.7. The average Bonchev–Trinajstić information content (AvgIpc) is 3.29. The molecule has 33 heavy (non-hydrogen) atoms. The van der Waals surface area contributed by atoms with Crippen LogP contribution in [0.4, 0.5) is 5.82 Å². The minimum atomic E-state index is -0.0876. The first-order chi connectivity index (χ1) is 16.2. The van der Waals surface area contributed by atoms with Gasteiger partial charge in [0, 0.05) is 38.0 Å². The third kappa shape index (κ3) is 5.74. The van der Waals surface area contributed by atoms with E-state index in [4.69, 9.17) is 9.11 Å². The molecule has 1 saturated carbocycles. The van der Waals surface area contributed by atoms with Gasteiger partial charge in [0.25, 0.3) is 0 Å². The van der Waals surface area contributed by atoms with Crippen molar-refractivity contribution < 1.29 is 9.53 Å². The summed E-state index contributed by atoms with van der Waals surface area (Å²) in [4.78, 5) is 17.3. The molecule has 0 amide bonds. The van der Waals surface area contributed by atoms with Crippen LogP contribution in [-0.4, -0.2) is 48.0 Å². The highest BCUT2D eigenvalue weighted by Crippen LogP contribution is 2.33. The zero-order valence-electron chi connectivity index (χ0n) is 19.2. The van der Waals surface area contributed by atoms with E-state index in [1.807, 2.05) is 30.3 Å². The van der Waals surface area contributed by atoms with Crippen molar-refractivity contribution in [3.05, 3.63) is 54.6 Å². The van der Waals surface area contributed by atoms with Crippen LogP contribution in [0.3, 0.4) is 0 Å². The van der Waals surface area contributed by atoms with Gasteiger partial charge in [0.05, 0.1) is 4.70 Å². The molecule has 6 heteroatoms. The first kappa shape index (κ1) is 22.4. The van der Waals surface area contributed by atoms with Gasteiger partial charge < -0.3 is 9.64 Å². The first-order valence-corrected chi connectivity index (χ1v) is 13.1. The molecule has 0 spiro atoms. The number of carbonyl (C=O) groups excluding carboxylic acids is 1. The molecule has 174 valence electrons. The maximum absolute atomic E-state index is 12.2. The van der Waals surface area contributed by atoms with E-state index in [2.05, 4.69) is 34.1 Å². The number of carbonyl (C=O) groups is 1. The van der Waals surface area contributed by atoms with Gasteiger partial charge >= 0.3 is 5.97 Å². The fourth-order valence-electron chi connectivity index (χ4n) is 5.27. The largest absolute Gasteiger partial charge is 0.427 e. The highest BCUT2D eigenvalue weighted by atomic mass is 32.1. The first-order valence-electron chi connectivity index (χ1n) is 12.3. The summed E-state index contributed by atoms with van der Waals surface area (Å²) < 4.78 is 11.5. The highest BCUT2D eigenvalue weighted by Gasteiger charge is 2.25. The van der Waals surface area contributed by atoms with Gasteiger partial charge in [-0.15, -0.1) is 0 Å². The molecule has 0 N–H and O–H groups in total. The lowest BCUT2D eigenvalue weighted by Crippen LogP contribution is -2.47. The SMILES string of the molecule is O=C(CC1CCC(CCN2CCN(c3nsc4ccccc34)CC2)CC1)Oc1ccccc1. The number of hydrogen-bond acceptors (Lipinski definition) is 6. The highest BCUT2D eigenvalue weighted by molar-refractivity contribution is 7.13. The molecule has 0 atom stereocenters. The summed E-state index contributed by atoms with van der Waals surface area (Å²) in [6.45, 7) is 5.55. The van der Waals surface area contributed by atoms with E-state index in [9.17, 15) is 4.79 Å². The standard InChI is InChI=1S/C27H33N3O2S/c31-26(32-23-6-2-1-3-7-23)20-22-12-10-21(11-13-22)14-15-29-16-18-30(19-17-29)27-24-8-4-5-9-25(24)33-28-27/h1-9,21-22H,10-20H2. The van der Waals surface area contributed by atoms with Crippen LogP contribution in [0.15, 0.2) is 54.6 Å². The molecule has 2 heterocycles. The zero-order chi connectivity index (χ0) is 22.5. The molecule has 1 aliphatic carbocycles. The molecule has 2 aliphatic rings. The molecule has 3 aromatic rings. The molecule has 0 radical (unpaired) electrons. The lowest BCUT2D eigenvalue weighted by atomic mass is 9.79. The third-order valence-corrected chi connectivity index (χ3v) is 8.10. The van der Waals surface area contributed by atoms with E-state index in [0.717, 1.165) is 44.9 Å². The zero-order valence-corrected chi connectivity index (χ0v) is 20.0. The minimum Gasteiger partial charge on any atom is -0.427 e. The van der Waals surface area contributed by atoms with Crippen molar-refractivity contribution in [3.8, 4) is 5.75 Å². The van der Waals surface area contributed by atoms with Crippen molar-refractivity contribution in [2.75, 3.05) is 37.6 Å². The summed E-state index contributed by atoms with van der Waals surface area (Å²) >= 11 is 1.61. The van der Waals surface area contributed by atoms with Gasteiger partial charge in [-0.3, -0.25) is 9.69 Å². The van der Waals surface area contributed by atoms with Crippen LogP contribution in [0.2, 0.25) is 0 Å². The van der Waals surface area contributed by atoms with E-state index < -0.39 is 0 Å². The van der Waals surface area contributed by atoms with Crippen molar-refractivity contribution in [3.63, 3.8) is 0 Å². The molecule has 5 nitrogen and oxygen atoms in total. The lowest BCUT2D eigenvalue weighted by molar-refractivity contribution is -0.135. The van der Waals surface area contributed by atoms with Crippen LogP contribution in [-0.2, 0) is 4.79 Å². The summed E-state index contributed by atoms with van der Waals surface area (Å²) in [5, 5.41) is 1.29. The number of benzene rings is 2. The fourth-order valence-corrected chi connectivity index (χ4v) is 6.07. The Morgan fingerprint density at radius 3 is 2.39 bits per heavy atom. The van der Waals surface area contributed by atoms with E-state index in [0.29, 0.717) is 18.1 Å². The molecule has 2 aromatic carbocycles. The van der Waals surface area contributed by atoms with E-state index in [1.54, 1.807) is 11.5 Å². The molecule has 2 fully saturated rings. The number of nitrogens with zero attached hydrogens (tertiary/aromatic N) is 3. The maximum atomic E-state index is 12.2. The van der Waals surface area contributed by atoms with Gasteiger partial charge in [0.2, 0.25) is 0 Å². The van der Waals surface area contributed by atoms with E-state index in [-0.39, 0.29) is 5.97 Å². The van der Waals surface area contributed by atoms with E-state index >= 15 is 0 Å². The van der Waals surface area contributed by atoms with Crippen LogP contribution >= 0.6 is 11.5 Å². The van der Waals surface area contributed by atoms with Crippen molar-refractivity contribution in [1.82, 2.24) is 9.27 Å². The molecule has 0 unspecified atom stereocenters. The maximum Gasteiger partial charge on any atom is 0.311 e. The summed E-state index contributed by atoms with van der Waals surface area (Å²) in [6.07, 6.45) is 6.62. The summed E-state index contributed by atoms with van der Waals surface area (Å²) in [7, 11) is 0. The Labute approximate surface area is 200 Å². The van der Waals surface area contributed by atoms with E-state index in [1.165, 1.54) is 41.7 Å². The second-order valence-electron chi connectivity index (χ2n) is 9.50. The number of piperazine rings is 1.